The Morgan fingerprint density at radius 1 is 0.899 bits per heavy atom. The lowest BCUT2D eigenvalue weighted by molar-refractivity contribution is -0.165. The van der Waals surface area contributed by atoms with Gasteiger partial charge in [-0.2, -0.15) is 13.2 Å². The highest BCUT2D eigenvalue weighted by molar-refractivity contribution is 6.31. The monoisotopic (exact) mass is 1270 g/mol. The minimum Gasteiger partial charge on any atom is -0.378 e. The Morgan fingerprint density at radius 3 is 2.33 bits per heavy atom. The van der Waals surface area contributed by atoms with E-state index >= 15 is 0 Å². The molecule has 4 heterocycles. The van der Waals surface area contributed by atoms with Gasteiger partial charge in [-0.25, -0.2) is 0 Å². The van der Waals surface area contributed by atoms with Gasteiger partial charge in [-0.3, -0.25) is 14.7 Å². The molecule has 0 radical (unpaired) electrons. The molecule has 7 rings (SSSR count). The van der Waals surface area contributed by atoms with Gasteiger partial charge in [-0.1, -0.05) is 84.4 Å². The number of hydrogen-bond donors (Lipinski definition) is 6. The summed E-state index contributed by atoms with van der Waals surface area (Å²) >= 11 is 6.19. The largest absolute Gasteiger partial charge is 0.417 e. The molecule has 1 aromatic rings. The van der Waals surface area contributed by atoms with E-state index in [1.807, 2.05) is 36.6 Å². The Balaban J connectivity index is 1.19. The van der Waals surface area contributed by atoms with E-state index in [0.717, 1.165) is 88.6 Å². The Kier molecular flexibility index (Phi) is 29.0. The van der Waals surface area contributed by atoms with Gasteiger partial charge in [-0.15, -0.1) is 0 Å². The van der Waals surface area contributed by atoms with Gasteiger partial charge in [0.1, 0.15) is 0 Å². The first-order valence-electron chi connectivity index (χ1n) is 34.7. The van der Waals surface area contributed by atoms with E-state index in [1.165, 1.54) is 56.4 Å². The number of benzene rings is 1. The summed E-state index contributed by atoms with van der Waals surface area (Å²) in [4.78, 5) is 31.4. The van der Waals surface area contributed by atoms with Crippen molar-refractivity contribution in [2.45, 2.75) is 232 Å². The Labute approximate surface area is 540 Å². The lowest BCUT2D eigenvalue weighted by Crippen LogP contribution is -2.76. The molecule has 1 aromatic carbocycles. The van der Waals surface area contributed by atoms with Gasteiger partial charge in [-0.05, 0) is 140 Å². The number of likely N-dealkylation sites (N-methyl/N-ethyl adjacent to an activating group) is 1. The Morgan fingerprint density at radius 2 is 1.64 bits per heavy atom. The topological polar surface area (TPSA) is 136 Å². The molecule has 1 amide bonds. The molecule has 15 nitrogen and oxygen atoms in total. The summed E-state index contributed by atoms with van der Waals surface area (Å²) in [5.41, 5.74) is 3.02. The van der Waals surface area contributed by atoms with E-state index in [1.54, 1.807) is 0 Å². The fourth-order valence-electron chi connectivity index (χ4n) is 15.2. The zero-order chi connectivity index (χ0) is 64.3. The standard InChI is InChI=1S/C70H118ClF3N12O3/c1-13-38-89-47-60-45-82(11)35-33-77-58(25-23-56-24-26-61(62(71)42-56)70(72,73)74)27-30-75-31-32-76-48-69(28-17-18-29-69)81-53(8)67(57-20-15-16-21-57)86-55(10)66(68(87)84-36-39-88-40-37-84)65(86)44-78-52(7)63(41-49(3)4)79-43-64(50(5)14-2)80-51(6)54(9)85-34-19-22-59(85)46-83(60)12/h24,26-27,30,33,35,42,45-46,49-55,57,63-67,76-81H,13-23,25,28-29,31-32,34,36-41,43-44,47-48H2,1-12H3/t50-,51?,52?,53?,54-,55?,63-,64+,65?,66-,67+/m0/s1. The van der Waals surface area contributed by atoms with E-state index in [9.17, 15) is 18.0 Å². The highest BCUT2D eigenvalue weighted by Crippen LogP contribution is 2.44. The fraction of sp³-hybridized carbons (Fsp3) is 0.771. The molecule has 3 saturated heterocycles. The Bertz CT molecular complexity index is 2460. The van der Waals surface area contributed by atoms with Crippen molar-refractivity contribution < 1.29 is 27.4 Å². The van der Waals surface area contributed by atoms with Gasteiger partial charge in [0.05, 0.1) is 48.6 Å². The number of alkyl halides is 3. The maximum atomic E-state index is 14.9. The van der Waals surface area contributed by atoms with Crippen molar-refractivity contribution in [1.29, 1.82) is 0 Å². The number of carbonyl (C=O) groups is 1. The highest BCUT2D eigenvalue weighted by Gasteiger charge is 2.56. The van der Waals surface area contributed by atoms with Gasteiger partial charge >= 0.3 is 6.18 Å². The molecule has 0 aromatic heterocycles. The molecule has 11 atom stereocenters. The molecule has 89 heavy (non-hydrogen) atoms. The molecule has 4 aliphatic heterocycles. The number of hydrogen-bond acceptors (Lipinski definition) is 14. The molecule has 1 spiro atoms. The second-order valence-electron chi connectivity index (χ2n) is 27.8. The lowest BCUT2D eigenvalue weighted by Gasteiger charge is -2.60. The molecular weight excluding hydrogens is 1150 g/mol. The molecule has 2 aliphatic carbocycles. The van der Waals surface area contributed by atoms with Crippen molar-refractivity contribution in [3.05, 3.63) is 82.3 Å². The minimum absolute atomic E-state index is 0.0523. The second-order valence-corrected chi connectivity index (χ2v) is 28.2. The maximum Gasteiger partial charge on any atom is 0.417 e. The van der Waals surface area contributed by atoms with Gasteiger partial charge in [0.15, 0.2) is 0 Å². The van der Waals surface area contributed by atoms with Crippen LogP contribution in [0, 0.1) is 23.7 Å². The molecule has 5 fully saturated rings. The lowest BCUT2D eigenvalue weighted by atomic mass is 9.74. The molecular formula is C70H118ClF3N12O3. The minimum atomic E-state index is -4.52. The zero-order valence-corrected chi connectivity index (χ0v) is 57.5. The van der Waals surface area contributed by atoms with Crippen LogP contribution in [0.1, 0.15) is 170 Å². The fourth-order valence-corrected chi connectivity index (χ4v) is 15.5. The summed E-state index contributed by atoms with van der Waals surface area (Å²) in [6, 6.07) is 5.83. The Hall–Kier alpha value is -3.72. The number of nitrogens with zero attached hydrogens (tertiary/aromatic N) is 6. The normalized spacial score (nSPS) is 29.9. The number of amides is 1. The number of ether oxygens (including phenoxy) is 2. The van der Waals surface area contributed by atoms with E-state index in [4.69, 9.17) is 26.1 Å². The van der Waals surface area contributed by atoms with Crippen molar-refractivity contribution in [2.24, 2.45) is 28.7 Å². The van der Waals surface area contributed by atoms with Crippen LogP contribution < -0.4 is 31.9 Å². The first-order chi connectivity index (χ1) is 42.6. The van der Waals surface area contributed by atoms with Crippen LogP contribution in [0.15, 0.2) is 71.2 Å². The summed E-state index contributed by atoms with van der Waals surface area (Å²) in [7, 11) is 4.12. The van der Waals surface area contributed by atoms with Crippen molar-refractivity contribution >= 4 is 23.7 Å². The number of rotatable bonds is 13. The predicted octanol–water partition coefficient (Wildman–Crippen LogP) is 11.1. The molecule has 6 N–H and O–H groups in total. The van der Waals surface area contributed by atoms with Gasteiger partial charge in [0, 0.05) is 169 Å². The molecule has 0 bridgehead atoms. The van der Waals surface area contributed by atoms with Crippen LogP contribution in [0.4, 0.5) is 13.2 Å². The summed E-state index contributed by atoms with van der Waals surface area (Å²) in [6.07, 6.45) is 23.2. The van der Waals surface area contributed by atoms with E-state index in [-0.39, 0.29) is 76.8 Å². The molecule has 2 saturated carbocycles. The van der Waals surface area contributed by atoms with Crippen LogP contribution in [-0.2, 0) is 26.9 Å². The first kappa shape index (κ1) is 72.7. The molecule has 6 aliphatic rings. The van der Waals surface area contributed by atoms with Crippen LogP contribution >= 0.6 is 11.6 Å². The smallest absolute Gasteiger partial charge is 0.378 e. The number of aliphatic imine (C=N–C) groups is 1. The van der Waals surface area contributed by atoms with Crippen LogP contribution in [0.5, 0.6) is 0 Å². The first-order valence-corrected chi connectivity index (χ1v) is 35.0. The molecule has 504 valence electrons. The van der Waals surface area contributed by atoms with Gasteiger partial charge in [0.2, 0.25) is 5.91 Å². The quantitative estimate of drug-likeness (QED) is 0.105. The van der Waals surface area contributed by atoms with E-state index in [0.29, 0.717) is 88.8 Å². The van der Waals surface area contributed by atoms with Crippen molar-refractivity contribution in [3.8, 4) is 0 Å². The summed E-state index contributed by atoms with van der Waals surface area (Å²) in [5, 5.41) is 23.9. The number of morpholine rings is 1. The van der Waals surface area contributed by atoms with Gasteiger partial charge < -0.3 is 61.0 Å². The summed E-state index contributed by atoms with van der Waals surface area (Å²) < 4.78 is 52.9. The summed E-state index contributed by atoms with van der Waals surface area (Å²) in [6.45, 7) is 31.8. The number of allylic oxidation sites excluding steroid dienone is 3. The van der Waals surface area contributed by atoms with Crippen molar-refractivity contribution in [2.75, 3.05) is 92.9 Å². The van der Waals surface area contributed by atoms with Crippen LogP contribution in [-0.4, -0.2) is 189 Å². The zero-order valence-electron chi connectivity index (χ0n) is 56.7. The predicted molar refractivity (Wildman–Crippen MR) is 360 cm³/mol. The van der Waals surface area contributed by atoms with Crippen LogP contribution in [0.3, 0.4) is 0 Å². The maximum absolute atomic E-state index is 14.9. The van der Waals surface area contributed by atoms with Crippen LogP contribution in [0.25, 0.3) is 0 Å². The number of aryl methyl sites for hydroxylation is 1. The highest BCUT2D eigenvalue weighted by atomic mass is 35.5. The third-order valence-corrected chi connectivity index (χ3v) is 21.0. The second kappa shape index (κ2) is 35.5. The summed E-state index contributed by atoms with van der Waals surface area (Å²) in [5.74, 6) is 1.71. The number of halogens is 4. The average molecular weight is 1270 g/mol. The third-order valence-electron chi connectivity index (χ3n) is 20.6. The average Bonchev–Trinajstić information content (AvgIpc) is 1.02. The molecule has 5 unspecified atom stereocenters. The van der Waals surface area contributed by atoms with E-state index in [2.05, 4.69) is 140 Å². The SMILES string of the molecule is CCCOCC1=CN(C)C=CNC(CCc2ccc(C(F)(F)F)c(Cl)c2)=CC=NCCNCC2(CCCC2)NC(C)[C@H](C2CCCC2)N2C(C)[C@H](C(=O)N3CCOCC3)C2CNC(C)[C@H](CC(C)C)NC[C@H]([C@@H](C)CC)NC(C)[C@H](C)N2CCCC2=CN1C. The number of nitrogens with one attached hydrogen (secondary N) is 6. The molecule has 19 heteroatoms. The van der Waals surface area contributed by atoms with Crippen molar-refractivity contribution in [1.82, 2.24) is 56.4 Å². The third kappa shape index (κ3) is 20.9. The van der Waals surface area contributed by atoms with E-state index < -0.39 is 11.7 Å². The van der Waals surface area contributed by atoms with Crippen LogP contribution in [0.2, 0.25) is 5.02 Å². The number of fused-ring (bicyclic) bond motifs is 2. The van der Waals surface area contributed by atoms with Crippen molar-refractivity contribution in [3.63, 3.8) is 0 Å². The van der Waals surface area contributed by atoms with Gasteiger partial charge in [0.25, 0.3) is 0 Å². The number of carbonyl (C=O) groups excluding carboxylic acids is 1.